The number of aromatic nitrogens is 3. The fourth-order valence-electron chi connectivity index (χ4n) is 3.20. The van der Waals surface area contributed by atoms with Gasteiger partial charge in [0.25, 0.3) is 0 Å². The molecule has 170 valence electrons. The second-order valence-corrected chi connectivity index (χ2v) is 7.14. The standard InChI is InChI=1S/C17H21FN4O2.C2HF3O2/c18-17(7-5-13(6-8-17)16(23)24)10-19-9-14-3-1-2-4-15(14)22-12-20-11-21-22;3-2(4,5)1(6)7/h1-4,11-13,19H,5-10H2,(H,23,24);(H,6,7). The van der Waals surface area contributed by atoms with Gasteiger partial charge in [-0.25, -0.2) is 18.9 Å². The minimum Gasteiger partial charge on any atom is -0.481 e. The van der Waals surface area contributed by atoms with Crippen molar-refractivity contribution < 1.29 is 37.4 Å². The minimum absolute atomic E-state index is 0.227. The van der Waals surface area contributed by atoms with Gasteiger partial charge in [0, 0.05) is 13.1 Å². The molecule has 1 aromatic heterocycles. The molecule has 3 rings (SSSR count). The summed E-state index contributed by atoms with van der Waals surface area (Å²) in [4.78, 5) is 23.8. The Labute approximate surface area is 174 Å². The number of carboxylic acids is 2. The third-order valence-electron chi connectivity index (χ3n) is 4.89. The molecule has 1 saturated carbocycles. The number of halogens is 4. The predicted octanol–water partition coefficient (Wildman–Crippen LogP) is 2.97. The molecule has 0 amide bonds. The highest BCUT2D eigenvalue weighted by molar-refractivity contribution is 5.73. The number of nitrogens with zero attached hydrogens (tertiary/aromatic N) is 3. The van der Waals surface area contributed by atoms with Crippen LogP contribution >= 0.6 is 0 Å². The summed E-state index contributed by atoms with van der Waals surface area (Å²) in [7, 11) is 0. The second kappa shape index (κ2) is 10.3. The Morgan fingerprint density at radius 2 is 1.81 bits per heavy atom. The van der Waals surface area contributed by atoms with E-state index in [1.165, 1.54) is 6.33 Å². The Morgan fingerprint density at radius 3 is 2.32 bits per heavy atom. The van der Waals surface area contributed by atoms with E-state index in [-0.39, 0.29) is 6.54 Å². The number of hydrogen-bond donors (Lipinski definition) is 3. The molecule has 0 atom stereocenters. The Bertz CT molecular complexity index is 866. The molecule has 0 bridgehead atoms. The molecule has 1 aliphatic rings. The zero-order valence-corrected chi connectivity index (χ0v) is 16.3. The van der Waals surface area contributed by atoms with E-state index >= 15 is 0 Å². The van der Waals surface area contributed by atoms with Crippen molar-refractivity contribution in [3.63, 3.8) is 0 Å². The first kappa shape index (κ1) is 24.3. The lowest BCUT2D eigenvalue weighted by atomic mass is 9.80. The van der Waals surface area contributed by atoms with Crippen LogP contribution in [0.15, 0.2) is 36.9 Å². The summed E-state index contributed by atoms with van der Waals surface area (Å²) < 4.78 is 48.2. The van der Waals surface area contributed by atoms with Crippen molar-refractivity contribution in [2.24, 2.45) is 5.92 Å². The maximum Gasteiger partial charge on any atom is 0.490 e. The Kier molecular flexibility index (Phi) is 8.08. The zero-order chi connectivity index (χ0) is 23.1. The lowest BCUT2D eigenvalue weighted by Crippen LogP contribution is -2.41. The minimum atomic E-state index is -5.08. The lowest BCUT2D eigenvalue weighted by molar-refractivity contribution is -0.192. The van der Waals surface area contributed by atoms with Crippen LogP contribution in [0.25, 0.3) is 5.69 Å². The molecule has 2 aromatic rings. The van der Waals surface area contributed by atoms with Crippen LogP contribution in [-0.2, 0) is 16.1 Å². The first-order valence-electron chi connectivity index (χ1n) is 9.37. The van der Waals surface area contributed by atoms with Gasteiger partial charge in [0.05, 0.1) is 11.6 Å². The number of nitrogens with one attached hydrogen (secondary N) is 1. The van der Waals surface area contributed by atoms with Gasteiger partial charge in [-0.3, -0.25) is 4.79 Å². The van der Waals surface area contributed by atoms with Gasteiger partial charge in [0.1, 0.15) is 18.3 Å². The van der Waals surface area contributed by atoms with E-state index in [4.69, 9.17) is 15.0 Å². The van der Waals surface area contributed by atoms with Crippen molar-refractivity contribution in [1.82, 2.24) is 20.1 Å². The van der Waals surface area contributed by atoms with Gasteiger partial charge in [0.2, 0.25) is 0 Å². The Balaban J connectivity index is 0.000000423. The summed E-state index contributed by atoms with van der Waals surface area (Å²) in [5.41, 5.74) is 0.588. The van der Waals surface area contributed by atoms with Crippen LogP contribution in [0, 0.1) is 5.92 Å². The third-order valence-corrected chi connectivity index (χ3v) is 4.89. The van der Waals surface area contributed by atoms with Gasteiger partial charge in [-0.15, -0.1) is 0 Å². The molecule has 0 aliphatic heterocycles. The maximum absolute atomic E-state index is 14.8. The molecule has 0 spiro atoms. The van der Waals surface area contributed by atoms with E-state index in [0.29, 0.717) is 32.2 Å². The number of aliphatic carboxylic acids is 2. The van der Waals surface area contributed by atoms with E-state index in [1.807, 2.05) is 24.3 Å². The molecule has 0 unspecified atom stereocenters. The molecule has 1 aromatic carbocycles. The van der Waals surface area contributed by atoms with Crippen LogP contribution in [0.4, 0.5) is 17.6 Å². The highest BCUT2D eigenvalue weighted by Gasteiger charge is 2.38. The quantitative estimate of drug-likeness (QED) is 0.584. The molecule has 1 aliphatic carbocycles. The van der Waals surface area contributed by atoms with Crippen LogP contribution in [0.5, 0.6) is 0 Å². The highest BCUT2D eigenvalue weighted by atomic mass is 19.4. The van der Waals surface area contributed by atoms with Crippen LogP contribution in [-0.4, -0.2) is 55.3 Å². The number of hydrogen-bond acceptors (Lipinski definition) is 5. The van der Waals surface area contributed by atoms with Crippen molar-refractivity contribution in [3.8, 4) is 5.69 Å². The lowest BCUT2D eigenvalue weighted by Gasteiger charge is -2.32. The van der Waals surface area contributed by atoms with Crippen LogP contribution < -0.4 is 5.32 Å². The van der Waals surface area contributed by atoms with E-state index in [2.05, 4.69) is 15.4 Å². The molecular weight excluding hydrogens is 424 g/mol. The zero-order valence-electron chi connectivity index (χ0n) is 16.3. The normalized spacial score (nSPS) is 21.1. The van der Waals surface area contributed by atoms with Gasteiger partial charge in [-0.05, 0) is 37.3 Å². The molecule has 31 heavy (non-hydrogen) atoms. The van der Waals surface area contributed by atoms with E-state index in [0.717, 1.165) is 11.3 Å². The monoisotopic (exact) mass is 446 g/mol. The average Bonchev–Trinajstić information content (AvgIpc) is 3.23. The van der Waals surface area contributed by atoms with Crippen LogP contribution in [0.1, 0.15) is 31.2 Å². The van der Waals surface area contributed by atoms with Crippen molar-refractivity contribution in [2.45, 2.75) is 44.1 Å². The van der Waals surface area contributed by atoms with Gasteiger partial charge in [-0.1, -0.05) is 18.2 Å². The number of benzene rings is 1. The molecular formula is C19H22F4N4O4. The van der Waals surface area contributed by atoms with Crippen molar-refractivity contribution in [3.05, 3.63) is 42.5 Å². The number of carboxylic acid groups (broad SMARTS) is 2. The molecule has 12 heteroatoms. The van der Waals surface area contributed by atoms with Gasteiger partial charge in [-0.2, -0.15) is 18.3 Å². The summed E-state index contributed by atoms with van der Waals surface area (Å²) in [5, 5.41) is 23.4. The van der Waals surface area contributed by atoms with E-state index < -0.39 is 29.7 Å². The topological polar surface area (TPSA) is 117 Å². The number of alkyl halides is 4. The number of rotatable bonds is 6. The fraction of sp³-hybridized carbons (Fsp3) is 0.474. The molecule has 1 fully saturated rings. The average molecular weight is 446 g/mol. The molecule has 3 N–H and O–H groups in total. The maximum atomic E-state index is 14.8. The highest BCUT2D eigenvalue weighted by Crippen LogP contribution is 2.35. The van der Waals surface area contributed by atoms with Crippen molar-refractivity contribution in [2.75, 3.05) is 6.54 Å². The van der Waals surface area contributed by atoms with Gasteiger partial charge >= 0.3 is 18.1 Å². The van der Waals surface area contributed by atoms with Crippen molar-refractivity contribution >= 4 is 11.9 Å². The van der Waals surface area contributed by atoms with Gasteiger partial charge < -0.3 is 15.5 Å². The Morgan fingerprint density at radius 1 is 1.19 bits per heavy atom. The largest absolute Gasteiger partial charge is 0.490 e. The van der Waals surface area contributed by atoms with E-state index in [9.17, 15) is 22.4 Å². The number of carbonyl (C=O) groups is 2. The molecule has 8 nitrogen and oxygen atoms in total. The van der Waals surface area contributed by atoms with Crippen LogP contribution in [0.2, 0.25) is 0 Å². The summed E-state index contributed by atoms with van der Waals surface area (Å²) in [5.74, 6) is -3.97. The molecule has 1 heterocycles. The SMILES string of the molecule is O=C(O)C(F)(F)F.O=C(O)C1CCC(F)(CNCc2ccccc2-n2cncn2)CC1. The summed E-state index contributed by atoms with van der Waals surface area (Å²) in [6.07, 6.45) is -0.584. The summed E-state index contributed by atoms with van der Waals surface area (Å²) in [6, 6.07) is 7.76. The third kappa shape index (κ3) is 7.31. The van der Waals surface area contributed by atoms with Gasteiger partial charge in [0.15, 0.2) is 0 Å². The molecule has 0 radical (unpaired) electrons. The first-order chi connectivity index (χ1) is 14.5. The number of para-hydroxylation sites is 1. The van der Waals surface area contributed by atoms with Crippen molar-refractivity contribution in [1.29, 1.82) is 0 Å². The second-order valence-electron chi connectivity index (χ2n) is 7.14. The van der Waals surface area contributed by atoms with Crippen LogP contribution in [0.3, 0.4) is 0 Å². The predicted molar refractivity (Wildman–Crippen MR) is 100 cm³/mol. The molecule has 0 saturated heterocycles. The first-order valence-corrected chi connectivity index (χ1v) is 9.37. The Hall–Kier alpha value is -3.02. The smallest absolute Gasteiger partial charge is 0.481 e. The fourth-order valence-corrected chi connectivity index (χ4v) is 3.20. The van der Waals surface area contributed by atoms with E-state index in [1.54, 1.807) is 11.0 Å². The summed E-state index contributed by atoms with van der Waals surface area (Å²) >= 11 is 0. The summed E-state index contributed by atoms with van der Waals surface area (Å²) in [6.45, 7) is 0.745.